The van der Waals surface area contributed by atoms with Crippen LogP contribution in [0.5, 0.6) is 0 Å². The van der Waals surface area contributed by atoms with Gasteiger partial charge in [0.2, 0.25) is 5.91 Å². The van der Waals surface area contributed by atoms with Crippen molar-refractivity contribution in [2.75, 3.05) is 24.7 Å². The third-order valence-electron chi connectivity index (χ3n) is 7.71. The second-order valence-electron chi connectivity index (χ2n) is 10.8. The van der Waals surface area contributed by atoms with E-state index in [1.165, 1.54) is 12.4 Å². The van der Waals surface area contributed by atoms with Gasteiger partial charge in [-0.25, -0.2) is 14.4 Å². The van der Waals surface area contributed by atoms with E-state index in [0.717, 1.165) is 15.8 Å². The third kappa shape index (κ3) is 5.38. The predicted octanol–water partition coefficient (Wildman–Crippen LogP) is 2.51. The molecule has 2 aromatic heterocycles. The van der Waals surface area contributed by atoms with Crippen LogP contribution >= 0.6 is 0 Å². The molecule has 14 heteroatoms. The van der Waals surface area contributed by atoms with Gasteiger partial charge < -0.3 is 9.80 Å². The van der Waals surface area contributed by atoms with Crippen LogP contribution < -0.4 is 4.90 Å². The molecule has 6 radical (unpaired) electrons. The highest BCUT2D eigenvalue weighted by Crippen LogP contribution is 2.40. The zero-order valence-corrected chi connectivity index (χ0v) is 24.0. The SMILES string of the molecule is [B]C([B])([B])n1nc(-c2ccc(-c3ccc(C#N)cc3)c3c(N4CC(C)N(C(=O)C(C#N)CF)C[C@@H]4C)ncnc23)cc1C#N. The molecule has 2 unspecified atom stereocenters. The highest BCUT2D eigenvalue weighted by atomic mass is 19.1. The highest BCUT2D eigenvalue weighted by molar-refractivity contribution is 6.56. The fourth-order valence-electron chi connectivity index (χ4n) is 5.52. The van der Waals surface area contributed by atoms with Crippen molar-refractivity contribution in [2.45, 2.75) is 31.2 Å². The molecule has 0 bridgehead atoms. The van der Waals surface area contributed by atoms with E-state index in [1.54, 1.807) is 23.1 Å². The monoisotopic (exact) mass is 577 g/mol. The molecule has 3 atom stereocenters. The minimum Gasteiger partial charge on any atom is -0.349 e. The lowest BCUT2D eigenvalue weighted by Crippen LogP contribution is -2.59. The Kier molecular flexibility index (Phi) is 8.17. The van der Waals surface area contributed by atoms with Gasteiger partial charge in [0.05, 0.1) is 57.8 Å². The molecule has 210 valence electrons. The van der Waals surface area contributed by atoms with Crippen molar-refractivity contribution in [3.05, 3.63) is 60.0 Å². The summed E-state index contributed by atoms with van der Waals surface area (Å²) in [6, 6.07) is 17.6. The van der Waals surface area contributed by atoms with Gasteiger partial charge in [-0.2, -0.15) is 20.9 Å². The average Bonchev–Trinajstić information content (AvgIpc) is 3.47. The first-order valence-electron chi connectivity index (χ1n) is 13.7. The van der Waals surface area contributed by atoms with Crippen LogP contribution in [0, 0.1) is 39.9 Å². The maximum Gasteiger partial charge on any atom is 0.243 e. The summed E-state index contributed by atoms with van der Waals surface area (Å²) in [5.74, 6) is -1.31. The molecule has 10 nitrogen and oxygen atoms in total. The first-order valence-corrected chi connectivity index (χ1v) is 13.7. The molecule has 1 fully saturated rings. The predicted molar refractivity (Wildman–Crippen MR) is 164 cm³/mol. The van der Waals surface area contributed by atoms with Crippen molar-refractivity contribution >= 4 is 46.2 Å². The Morgan fingerprint density at radius 2 is 1.73 bits per heavy atom. The number of nitrogens with zero attached hydrogens (tertiary/aromatic N) is 9. The zero-order chi connectivity index (χ0) is 31.8. The molecule has 0 N–H and O–H groups in total. The van der Waals surface area contributed by atoms with E-state index in [0.29, 0.717) is 40.1 Å². The van der Waals surface area contributed by atoms with Crippen molar-refractivity contribution in [3.8, 4) is 40.6 Å². The lowest BCUT2D eigenvalue weighted by atomic mass is 9.49. The number of piperazine rings is 1. The molecule has 3 heterocycles. The molecular formula is C30H23B3FN9O. The first-order chi connectivity index (χ1) is 21.0. The molecule has 2 aromatic carbocycles. The van der Waals surface area contributed by atoms with Crippen LogP contribution in [0.4, 0.5) is 10.2 Å². The van der Waals surface area contributed by atoms with Gasteiger partial charge in [0, 0.05) is 36.8 Å². The molecule has 0 spiro atoms. The van der Waals surface area contributed by atoms with E-state index in [2.05, 4.69) is 21.1 Å². The zero-order valence-electron chi connectivity index (χ0n) is 24.0. The van der Waals surface area contributed by atoms with Crippen LogP contribution in [0.15, 0.2) is 48.8 Å². The van der Waals surface area contributed by atoms with Crippen molar-refractivity contribution in [1.29, 1.82) is 15.8 Å². The Morgan fingerprint density at radius 3 is 2.32 bits per heavy atom. The van der Waals surface area contributed by atoms with Crippen LogP contribution in [-0.2, 0) is 10.0 Å². The van der Waals surface area contributed by atoms with Crippen LogP contribution in [-0.4, -0.2) is 85.9 Å². The average molecular weight is 577 g/mol. The number of alkyl halides is 1. The summed E-state index contributed by atoms with van der Waals surface area (Å²) in [6.45, 7) is 3.31. The van der Waals surface area contributed by atoms with Gasteiger partial charge in [0.1, 0.15) is 30.6 Å². The molecule has 5 rings (SSSR count). The van der Waals surface area contributed by atoms with Gasteiger partial charge in [-0.3, -0.25) is 9.48 Å². The number of carbonyl (C=O) groups excluding carboxylic acids is 1. The molecular weight excluding hydrogens is 554 g/mol. The number of halogens is 1. The maximum absolute atomic E-state index is 13.4. The number of hydrogen-bond donors (Lipinski definition) is 0. The fourth-order valence-corrected chi connectivity index (χ4v) is 5.52. The Bertz CT molecular complexity index is 1870. The minimum absolute atomic E-state index is 0.0540. The van der Waals surface area contributed by atoms with E-state index >= 15 is 0 Å². The number of anilines is 1. The summed E-state index contributed by atoms with van der Waals surface area (Å²) >= 11 is 0. The Balaban J connectivity index is 1.69. The van der Waals surface area contributed by atoms with Crippen molar-refractivity contribution < 1.29 is 9.18 Å². The van der Waals surface area contributed by atoms with Crippen molar-refractivity contribution in [1.82, 2.24) is 24.6 Å². The molecule has 0 aliphatic carbocycles. The summed E-state index contributed by atoms with van der Waals surface area (Å²) in [5.41, 5.74) is 3.57. The minimum atomic E-state index is -1.92. The number of amides is 1. The lowest BCUT2D eigenvalue weighted by Gasteiger charge is -2.45. The van der Waals surface area contributed by atoms with E-state index in [1.807, 2.05) is 44.2 Å². The van der Waals surface area contributed by atoms with Crippen molar-refractivity contribution in [3.63, 3.8) is 0 Å². The smallest absolute Gasteiger partial charge is 0.243 e. The molecule has 0 saturated carbocycles. The standard InChI is InChI=1S/C30H23B3FN9O/c1-17-15-42(29(44)21(10-34)12-36)18(2)14-41(17)28-26-23(20-5-3-19(11-35)4-6-20)7-8-24(27(26)38-16-39-28)25-9-22(13-37)43(40-25)30(31,32)33/h3-9,16-18,21H,10,14-15H2,1-2H3/t17-,18?,21?/m0/s1. The molecule has 1 aliphatic heterocycles. The third-order valence-corrected chi connectivity index (χ3v) is 7.71. The summed E-state index contributed by atoms with van der Waals surface area (Å²) in [7, 11) is 17.6. The normalized spacial score (nSPS) is 17.5. The van der Waals surface area contributed by atoms with Gasteiger partial charge >= 0.3 is 0 Å². The van der Waals surface area contributed by atoms with Crippen LogP contribution in [0.25, 0.3) is 33.3 Å². The number of rotatable bonds is 6. The largest absolute Gasteiger partial charge is 0.349 e. The number of benzene rings is 2. The van der Waals surface area contributed by atoms with Gasteiger partial charge in [-0.05, 0) is 48.4 Å². The molecule has 4 aromatic rings. The summed E-state index contributed by atoms with van der Waals surface area (Å²) in [4.78, 5) is 25.8. The number of fused-ring (bicyclic) bond motifs is 1. The summed E-state index contributed by atoms with van der Waals surface area (Å²) < 4.78 is 14.4. The van der Waals surface area contributed by atoms with E-state index in [9.17, 15) is 25.0 Å². The second-order valence-corrected chi connectivity index (χ2v) is 10.8. The summed E-state index contributed by atoms with van der Waals surface area (Å²) in [5, 5.41) is 31.5. The molecule has 1 saturated heterocycles. The highest BCUT2D eigenvalue weighted by Gasteiger charge is 2.37. The number of aromatic nitrogens is 4. The van der Waals surface area contributed by atoms with Gasteiger partial charge in [-0.1, -0.05) is 18.2 Å². The molecule has 1 aliphatic rings. The molecule has 1 amide bonds. The van der Waals surface area contributed by atoms with Crippen LogP contribution in [0.3, 0.4) is 0 Å². The fraction of sp³-hybridized carbons (Fsp3) is 0.300. The van der Waals surface area contributed by atoms with Gasteiger partial charge in [0.15, 0.2) is 5.92 Å². The maximum atomic E-state index is 13.4. The summed E-state index contributed by atoms with van der Waals surface area (Å²) in [6.07, 6.45) is 1.43. The second kappa shape index (κ2) is 11.9. The van der Waals surface area contributed by atoms with E-state index < -0.39 is 23.7 Å². The van der Waals surface area contributed by atoms with Crippen molar-refractivity contribution in [2.24, 2.45) is 5.92 Å². The first kappa shape index (κ1) is 30.3. The van der Waals surface area contributed by atoms with Crippen LogP contribution in [0.2, 0.25) is 0 Å². The Labute approximate surface area is 257 Å². The molecule has 44 heavy (non-hydrogen) atoms. The van der Waals surface area contributed by atoms with Crippen LogP contribution in [0.1, 0.15) is 25.1 Å². The number of carbonyl (C=O) groups is 1. The quantitative estimate of drug-likeness (QED) is 0.319. The number of nitriles is 3. The number of hydrogen-bond acceptors (Lipinski definition) is 8. The van der Waals surface area contributed by atoms with E-state index in [4.69, 9.17) is 28.5 Å². The lowest BCUT2D eigenvalue weighted by molar-refractivity contribution is -0.137. The van der Waals surface area contributed by atoms with Gasteiger partial charge in [-0.15, -0.1) is 0 Å². The van der Waals surface area contributed by atoms with Gasteiger partial charge in [0.25, 0.3) is 0 Å². The topological polar surface area (TPSA) is 139 Å². The van der Waals surface area contributed by atoms with E-state index in [-0.39, 0.29) is 24.3 Å². The Morgan fingerprint density at radius 1 is 1.02 bits per heavy atom. The Hall–Kier alpha value is -5.15.